The standard InChI is InChI=1S/C10H14N2O2/c1-12-5-3-9(13)10(7-12)14-8-2-4-11-6-8/h3,5,7-8,11H,2,4,6H2,1H3. The lowest BCUT2D eigenvalue weighted by Gasteiger charge is -2.12. The number of nitrogens with one attached hydrogen (secondary N) is 1. The summed E-state index contributed by atoms with van der Waals surface area (Å²) in [6.07, 6.45) is 4.56. The fourth-order valence-corrected chi connectivity index (χ4v) is 1.56. The number of rotatable bonds is 2. The van der Waals surface area contributed by atoms with Crippen LogP contribution in [0.4, 0.5) is 0 Å². The van der Waals surface area contributed by atoms with E-state index in [0.717, 1.165) is 19.5 Å². The van der Waals surface area contributed by atoms with Crippen molar-refractivity contribution in [2.45, 2.75) is 12.5 Å². The van der Waals surface area contributed by atoms with Gasteiger partial charge in [-0.25, -0.2) is 0 Å². The lowest BCUT2D eigenvalue weighted by Crippen LogP contribution is -2.22. The van der Waals surface area contributed by atoms with Gasteiger partial charge in [0.05, 0.1) is 0 Å². The van der Waals surface area contributed by atoms with Crippen molar-refractivity contribution in [2.75, 3.05) is 13.1 Å². The van der Waals surface area contributed by atoms with E-state index in [9.17, 15) is 4.79 Å². The highest BCUT2D eigenvalue weighted by Gasteiger charge is 2.16. The predicted molar refractivity (Wildman–Crippen MR) is 53.6 cm³/mol. The number of hydrogen-bond acceptors (Lipinski definition) is 3. The highest BCUT2D eigenvalue weighted by atomic mass is 16.5. The third-order valence-corrected chi connectivity index (χ3v) is 2.33. The molecule has 1 aliphatic heterocycles. The van der Waals surface area contributed by atoms with E-state index in [-0.39, 0.29) is 11.5 Å². The molecule has 4 heteroatoms. The maximum absolute atomic E-state index is 11.4. The molecule has 1 aromatic rings. The van der Waals surface area contributed by atoms with E-state index in [1.165, 1.54) is 6.07 Å². The normalized spacial score (nSPS) is 21.1. The number of pyridine rings is 1. The van der Waals surface area contributed by atoms with E-state index >= 15 is 0 Å². The van der Waals surface area contributed by atoms with Crippen molar-refractivity contribution in [1.29, 1.82) is 0 Å². The van der Waals surface area contributed by atoms with Gasteiger partial charge in [-0.05, 0) is 13.0 Å². The Kier molecular flexibility index (Phi) is 2.54. The van der Waals surface area contributed by atoms with Gasteiger partial charge < -0.3 is 14.6 Å². The van der Waals surface area contributed by atoms with Crippen LogP contribution >= 0.6 is 0 Å². The maximum atomic E-state index is 11.4. The van der Waals surface area contributed by atoms with E-state index in [2.05, 4.69) is 5.32 Å². The summed E-state index contributed by atoms with van der Waals surface area (Å²) in [7, 11) is 1.87. The minimum Gasteiger partial charge on any atom is -0.483 e. The second-order valence-corrected chi connectivity index (χ2v) is 3.57. The molecule has 1 aliphatic rings. The summed E-state index contributed by atoms with van der Waals surface area (Å²) in [5.41, 5.74) is -0.0463. The average molecular weight is 194 g/mol. The lowest BCUT2D eigenvalue weighted by molar-refractivity contribution is 0.219. The smallest absolute Gasteiger partial charge is 0.223 e. The molecule has 2 heterocycles. The molecule has 1 N–H and O–H groups in total. The zero-order valence-electron chi connectivity index (χ0n) is 8.19. The van der Waals surface area contributed by atoms with Crippen molar-refractivity contribution in [3.63, 3.8) is 0 Å². The molecular formula is C10H14N2O2. The first-order valence-corrected chi connectivity index (χ1v) is 4.79. The Morgan fingerprint density at radius 1 is 1.64 bits per heavy atom. The predicted octanol–water partition coefficient (Wildman–Crippen LogP) is 0.126. The third-order valence-electron chi connectivity index (χ3n) is 2.33. The summed E-state index contributed by atoms with van der Waals surface area (Å²) in [4.78, 5) is 11.4. The SMILES string of the molecule is Cn1ccc(=O)c(OC2CCNC2)c1. The lowest BCUT2D eigenvalue weighted by atomic mass is 10.3. The molecule has 2 rings (SSSR count). The van der Waals surface area contributed by atoms with Gasteiger partial charge in [-0.3, -0.25) is 4.79 Å². The van der Waals surface area contributed by atoms with Gasteiger partial charge in [0.2, 0.25) is 5.43 Å². The molecule has 0 radical (unpaired) electrons. The summed E-state index contributed by atoms with van der Waals surface area (Å²) < 4.78 is 7.41. The number of ether oxygens (including phenoxy) is 1. The van der Waals surface area contributed by atoms with Gasteiger partial charge in [0, 0.05) is 32.1 Å². The first-order valence-electron chi connectivity index (χ1n) is 4.79. The van der Waals surface area contributed by atoms with Crippen LogP contribution in [-0.4, -0.2) is 23.8 Å². The molecule has 1 atom stereocenters. The highest BCUT2D eigenvalue weighted by Crippen LogP contribution is 2.09. The molecule has 0 saturated carbocycles. The van der Waals surface area contributed by atoms with Gasteiger partial charge in [0.15, 0.2) is 5.75 Å². The summed E-state index contributed by atoms with van der Waals surface area (Å²) in [5.74, 6) is 0.448. The Hall–Kier alpha value is -1.29. The van der Waals surface area contributed by atoms with Crippen LogP contribution in [0.15, 0.2) is 23.3 Å². The number of aryl methyl sites for hydroxylation is 1. The fourth-order valence-electron chi connectivity index (χ4n) is 1.56. The molecule has 1 aromatic heterocycles. The van der Waals surface area contributed by atoms with Crippen LogP contribution < -0.4 is 15.5 Å². The molecule has 0 amide bonds. The summed E-state index contributed by atoms with van der Waals surface area (Å²) in [6, 6.07) is 1.53. The van der Waals surface area contributed by atoms with Crippen molar-refractivity contribution < 1.29 is 4.74 Å². The Labute approximate surface area is 82.5 Å². The van der Waals surface area contributed by atoms with Gasteiger partial charge in [-0.2, -0.15) is 0 Å². The van der Waals surface area contributed by atoms with Crippen LogP contribution in [0.25, 0.3) is 0 Å². The zero-order chi connectivity index (χ0) is 9.97. The number of nitrogens with zero attached hydrogens (tertiary/aromatic N) is 1. The monoisotopic (exact) mass is 194 g/mol. The van der Waals surface area contributed by atoms with Crippen molar-refractivity contribution in [3.8, 4) is 5.75 Å². The van der Waals surface area contributed by atoms with Crippen LogP contribution in [0.3, 0.4) is 0 Å². The maximum Gasteiger partial charge on any atom is 0.223 e. The third kappa shape index (κ3) is 1.96. The van der Waals surface area contributed by atoms with Gasteiger partial charge >= 0.3 is 0 Å². The molecule has 4 nitrogen and oxygen atoms in total. The van der Waals surface area contributed by atoms with E-state index in [4.69, 9.17) is 4.74 Å². The van der Waals surface area contributed by atoms with Crippen molar-refractivity contribution in [2.24, 2.45) is 7.05 Å². The number of hydrogen-bond donors (Lipinski definition) is 1. The van der Waals surface area contributed by atoms with Crippen LogP contribution in [0.1, 0.15) is 6.42 Å². The Bertz CT molecular complexity index is 367. The van der Waals surface area contributed by atoms with Gasteiger partial charge in [-0.15, -0.1) is 0 Å². The van der Waals surface area contributed by atoms with Crippen LogP contribution in [0, 0.1) is 0 Å². The molecule has 0 bridgehead atoms. The molecule has 0 aliphatic carbocycles. The average Bonchev–Trinajstić information content (AvgIpc) is 2.64. The largest absolute Gasteiger partial charge is 0.483 e. The van der Waals surface area contributed by atoms with E-state index in [0.29, 0.717) is 5.75 Å². The van der Waals surface area contributed by atoms with Crippen molar-refractivity contribution in [1.82, 2.24) is 9.88 Å². The minimum absolute atomic E-state index is 0.0463. The molecule has 0 spiro atoms. The number of aromatic nitrogens is 1. The van der Waals surface area contributed by atoms with Crippen LogP contribution in [-0.2, 0) is 7.05 Å². The molecule has 0 aromatic carbocycles. The molecule has 14 heavy (non-hydrogen) atoms. The molecule has 76 valence electrons. The molecular weight excluding hydrogens is 180 g/mol. The van der Waals surface area contributed by atoms with E-state index in [1.807, 2.05) is 11.6 Å². The molecule has 1 saturated heterocycles. The highest BCUT2D eigenvalue weighted by molar-refractivity contribution is 5.17. The zero-order valence-corrected chi connectivity index (χ0v) is 8.19. The second kappa shape index (κ2) is 3.84. The summed E-state index contributed by atoms with van der Waals surface area (Å²) in [5, 5.41) is 3.19. The van der Waals surface area contributed by atoms with Crippen molar-refractivity contribution in [3.05, 3.63) is 28.7 Å². The van der Waals surface area contributed by atoms with E-state index < -0.39 is 0 Å². The first-order chi connectivity index (χ1) is 6.75. The van der Waals surface area contributed by atoms with Crippen molar-refractivity contribution >= 4 is 0 Å². The Morgan fingerprint density at radius 2 is 2.50 bits per heavy atom. The minimum atomic E-state index is -0.0463. The topological polar surface area (TPSA) is 43.3 Å². The quantitative estimate of drug-likeness (QED) is 0.727. The summed E-state index contributed by atoms with van der Waals surface area (Å²) in [6.45, 7) is 1.80. The van der Waals surface area contributed by atoms with Crippen LogP contribution in [0.5, 0.6) is 5.75 Å². The van der Waals surface area contributed by atoms with Gasteiger partial charge in [-0.1, -0.05) is 0 Å². The van der Waals surface area contributed by atoms with E-state index in [1.54, 1.807) is 12.4 Å². The molecule has 1 fully saturated rings. The van der Waals surface area contributed by atoms with Gasteiger partial charge in [0.1, 0.15) is 6.10 Å². The first kappa shape index (κ1) is 9.27. The fraction of sp³-hybridized carbons (Fsp3) is 0.500. The van der Waals surface area contributed by atoms with Crippen LogP contribution in [0.2, 0.25) is 0 Å². The Balaban J connectivity index is 2.15. The van der Waals surface area contributed by atoms with Gasteiger partial charge in [0.25, 0.3) is 0 Å². The molecule has 1 unspecified atom stereocenters. The summed E-state index contributed by atoms with van der Waals surface area (Å²) >= 11 is 0. The second-order valence-electron chi connectivity index (χ2n) is 3.57. The Morgan fingerprint density at radius 3 is 3.21 bits per heavy atom.